The number of hydrogen-bond acceptors (Lipinski definition) is 2. The highest BCUT2D eigenvalue weighted by Crippen LogP contribution is 2.16. The molecule has 102 valence electrons. The third kappa shape index (κ3) is 3.57. The van der Waals surface area contributed by atoms with Crippen molar-refractivity contribution in [2.75, 3.05) is 0 Å². The number of rotatable bonds is 5. The molecular formula is C12H11BrF3N3. The summed E-state index contributed by atoms with van der Waals surface area (Å²) in [7, 11) is 0. The number of hydrogen-bond donors (Lipinski definition) is 1. The standard InChI is InChI=1S/C12H11BrF3N3/c13-9-1-2-10(14)8(5-9)6-17-7-11-18-3-4-19(11)12(15)16/h1-5,12,17H,6-7H2. The van der Waals surface area contributed by atoms with Crippen molar-refractivity contribution in [3.8, 4) is 0 Å². The van der Waals surface area contributed by atoms with Crippen molar-refractivity contribution in [3.63, 3.8) is 0 Å². The highest BCUT2D eigenvalue weighted by molar-refractivity contribution is 9.10. The van der Waals surface area contributed by atoms with Crippen molar-refractivity contribution in [2.45, 2.75) is 19.6 Å². The van der Waals surface area contributed by atoms with Gasteiger partial charge in [-0.05, 0) is 18.2 Å². The molecule has 0 spiro atoms. The van der Waals surface area contributed by atoms with E-state index >= 15 is 0 Å². The van der Waals surface area contributed by atoms with Gasteiger partial charge in [0.25, 0.3) is 0 Å². The summed E-state index contributed by atoms with van der Waals surface area (Å²) in [5.74, 6) is -0.127. The van der Waals surface area contributed by atoms with Gasteiger partial charge in [0.1, 0.15) is 11.6 Å². The van der Waals surface area contributed by atoms with Gasteiger partial charge >= 0.3 is 6.55 Å². The van der Waals surface area contributed by atoms with Gasteiger partial charge in [-0.3, -0.25) is 4.57 Å². The van der Waals surface area contributed by atoms with Crippen LogP contribution in [0.4, 0.5) is 13.2 Å². The van der Waals surface area contributed by atoms with Crippen LogP contribution in [0.2, 0.25) is 0 Å². The Morgan fingerprint density at radius 1 is 1.32 bits per heavy atom. The lowest BCUT2D eigenvalue weighted by Crippen LogP contribution is -2.17. The number of nitrogens with zero attached hydrogens (tertiary/aromatic N) is 2. The minimum Gasteiger partial charge on any atom is -0.306 e. The number of imidazole rings is 1. The highest BCUT2D eigenvalue weighted by Gasteiger charge is 2.11. The molecule has 19 heavy (non-hydrogen) atoms. The summed E-state index contributed by atoms with van der Waals surface area (Å²) < 4.78 is 40.1. The lowest BCUT2D eigenvalue weighted by atomic mass is 10.2. The summed E-state index contributed by atoms with van der Waals surface area (Å²) in [5, 5.41) is 2.89. The minimum atomic E-state index is -2.62. The Bertz CT molecular complexity index is 557. The molecule has 0 aliphatic carbocycles. The first-order valence-electron chi connectivity index (χ1n) is 5.52. The Kier molecular flexibility index (Phi) is 4.60. The Morgan fingerprint density at radius 3 is 2.84 bits per heavy atom. The molecule has 0 amide bonds. The van der Waals surface area contributed by atoms with E-state index in [2.05, 4.69) is 26.2 Å². The van der Waals surface area contributed by atoms with Gasteiger partial charge in [-0.25, -0.2) is 9.37 Å². The van der Waals surface area contributed by atoms with Crippen LogP contribution in [-0.4, -0.2) is 9.55 Å². The molecule has 0 atom stereocenters. The van der Waals surface area contributed by atoms with Crippen molar-refractivity contribution >= 4 is 15.9 Å². The molecule has 1 heterocycles. The fraction of sp³-hybridized carbons (Fsp3) is 0.250. The van der Waals surface area contributed by atoms with Gasteiger partial charge in [-0.15, -0.1) is 0 Å². The molecule has 2 rings (SSSR count). The second-order valence-electron chi connectivity index (χ2n) is 3.87. The van der Waals surface area contributed by atoms with Crippen LogP contribution in [0.5, 0.6) is 0 Å². The van der Waals surface area contributed by atoms with Crippen LogP contribution in [0.15, 0.2) is 35.1 Å². The summed E-state index contributed by atoms with van der Waals surface area (Å²) in [6, 6.07) is 4.59. The molecule has 2 aromatic rings. The van der Waals surface area contributed by atoms with E-state index in [1.54, 1.807) is 12.1 Å². The summed E-state index contributed by atoms with van der Waals surface area (Å²) in [6.07, 6.45) is 2.52. The van der Waals surface area contributed by atoms with E-state index in [0.29, 0.717) is 5.56 Å². The topological polar surface area (TPSA) is 29.9 Å². The monoisotopic (exact) mass is 333 g/mol. The summed E-state index contributed by atoms with van der Waals surface area (Å²) in [4.78, 5) is 3.83. The van der Waals surface area contributed by atoms with Crippen molar-refractivity contribution < 1.29 is 13.2 Å². The first-order chi connectivity index (χ1) is 9.08. The zero-order valence-corrected chi connectivity index (χ0v) is 11.4. The Labute approximate surface area is 116 Å². The average Bonchev–Trinajstić information content (AvgIpc) is 2.82. The SMILES string of the molecule is Fc1ccc(Br)cc1CNCc1nccn1C(F)F. The second kappa shape index (κ2) is 6.21. The summed E-state index contributed by atoms with van der Waals surface area (Å²) in [6.45, 7) is -2.24. The molecular weight excluding hydrogens is 323 g/mol. The van der Waals surface area contributed by atoms with Gasteiger partial charge in [0.05, 0.1) is 6.54 Å². The quantitative estimate of drug-likeness (QED) is 0.907. The van der Waals surface area contributed by atoms with E-state index in [0.717, 1.165) is 9.04 Å². The molecule has 0 aliphatic rings. The van der Waals surface area contributed by atoms with E-state index < -0.39 is 6.55 Å². The largest absolute Gasteiger partial charge is 0.319 e. The van der Waals surface area contributed by atoms with Crippen LogP contribution in [0.25, 0.3) is 0 Å². The molecule has 0 bridgehead atoms. The summed E-state index contributed by atoms with van der Waals surface area (Å²) >= 11 is 3.25. The summed E-state index contributed by atoms with van der Waals surface area (Å²) in [5.41, 5.74) is 0.463. The van der Waals surface area contributed by atoms with Gasteiger partial charge in [0, 0.05) is 29.0 Å². The zero-order chi connectivity index (χ0) is 13.8. The van der Waals surface area contributed by atoms with Crippen LogP contribution in [0.3, 0.4) is 0 Å². The van der Waals surface area contributed by atoms with Crippen LogP contribution < -0.4 is 5.32 Å². The first kappa shape index (κ1) is 14.1. The number of halogens is 4. The van der Waals surface area contributed by atoms with Crippen LogP contribution in [0, 0.1) is 5.82 Å². The molecule has 1 aromatic heterocycles. The minimum absolute atomic E-state index is 0.142. The maximum Gasteiger partial charge on any atom is 0.319 e. The van der Waals surface area contributed by atoms with E-state index in [4.69, 9.17) is 0 Å². The van der Waals surface area contributed by atoms with Gasteiger partial charge in [-0.2, -0.15) is 8.78 Å². The molecule has 7 heteroatoms. The van der Waals surface area contributed by atoms with E-state index in [-0.39, 0.29) is 24.7 Å². The van der Waals surface area contributed by atoms with Crippen LogP contribution in [-0.2, 0) is 13.1 Å². The number of alkyl halides is 2. The van der Waals surface area contributed by atoms with Gasteiger partial charge in [-0.1, -0.05) is 15.9 Å². The van der Waals surface area contributed by atoms with Crippen molar-refractivity contribution in [3.05, 3.63) is 52.3 Å². The van der Waals surface area contributed by atoms with Crippen molar-refractivity contribution in [1.82, 2.24) is 14.9 Å². The van der Waals surface area contributed by atoms with Crippen LogP contribution in [0.1, 0.15) is 17.9 Å². The number of nitrogens with one attached hydrogen (secondary N) is 1. The highest BCUT2D eigenvalue weighted by atomic mass is 79.9. The van der Waals surface area contributed by atoms with E-state index in [1.165, 1.54) is 18.5 Å². The fourth-order valence-electron chi connectivity index (χ4n) is 1.65. The maximum atomic E-state index is 13.4. The Morgan fingerprint density at radius 2 is 2.11 bits per heavy atom. The smallest absolute Gasteiger partial charge is 0.306 e. The normalized spacial score (nSPS) is 11.2. The van der Waals surface area contributed by atoms with E-state index in [1.807, 2.05) is 0 Å². The molecule has 3 nitrogen and oxygen atoms in total. The Balaban J connectivity index is 1.96. The molecule has 1 N–H and O–H groups in total. The van der Waals surface area contributed by atoms with Crippen LogP contribution >= 0.6 is 15.9 Å². The van der Waals surface area contributed by atoms with Crippen molar-refractivity contribution in [2.24, 2.45) is 0 Å². The Hall–Kier alpha value is -1.34. The predicted molar refractivity (Wildman–Crippen MR) is 68.1 cm³/mol. The molecule has 1 aromatic carbocycles. The van der Waals surface area contributed by atoms with E-state index in [9.17, 15) is 13.2 Å². The second-order valence-corrected chi connectivity index (χ2v) is 4.78. The maximum absolute atomic E-state index is 13.4. The number of benzene rings is 1. The lowest BCUT2D eigenvalue weighted by molar-refractivity contribution is 0.0666. The first-order valence-corrected chi connectivity index (χ1v) is 6.31. The number of aromatic nitrogens is 2. The molecule has 0 aliphatic heterocycles. The third-order valence-electron chi connectivity index (χ3n) is 2.57. The molecule has 0 unspecified atom stereocenters. The molecule has 0 saturated heterocycles. The molecule has 0 saturated carbocycles. The molecule has 0 fully saturated rings. The van der Waals surface area contributed by atoms with Gasteiger partial charge in [0.2, 0.25) is 0 Å². The van der Waals surface area contributed by atoms with Crippen molar-refractivity contribution in [1.29, 1.82) is 0 Å². The van der Waals surface area contributed by atoms with Gasteiger partial charge in [0.15, 0.2) is 0 Å². The van der Waals surface area contributed by atoms with Gasteiger partial charge < -0.3 is 5.32 Å². The predicted octanol–water partition coefficient (Wildman–Crippen LogP) is 3.47. The molecule has 0 radical (unpaired) electrons. The third-order valence-corrected chi connectivity index (χ3v) is 3.06. The zero-order valence-electron chi connectivity index (χ0n) is 9.78. The fourth-order valence-corrected chi connectivity index (χ4v) is 2.05. The average molecular weight is 334 g/mol. The lowest BCUT2D eigenvalue weighted by Gasteiger charge is -2.08.